The fourth-order valence-corrected chi connectivity index (χ4v) is 14.1. The largest absolute Gasteiger partial charge is 0.227 e. The third-order valence-corrected chi connectivity index (χ3v) is 16.0. The maximum absolute atomic E-state index is 12.9. The van der Waals surface area contributed by atoms with Crippen LogP contribution >= 0.6 is 0 Å². The van der Waals surface area contributed by atoms with E-state index >= 15 is 0 Å². The lowest BCUT2D eigenvalue weighted by atomic mass is 10.4. The van der Waals surface area contributed by atoms with Crippen molar-refractivity contribution in [2.45, 2.75) is 94.6 Å². The first-order valence-corrected chi connectivity index (χ1v) is 17.9. The molecule has 0 bridgehead atoms. The SMILES string of the molecule is CCCCS(=O)(=O)C(CC(S(=O)(=O)CCCC)S(=O)(=O)CCCC)S(=O)(=O)CCCC. The van der Waals surface area contributed by atoms with Crippen molar-refractivity contribution in [2.24, 2.45) is 0 Å². The van der Waals surface area contributed by atoms with E-state index in [4.69, 9.17) is 0 Å². The average Bonchev–Trinajstić information content (AvgIpc) is 2.67. The van der Waals surface area contributed by atoms with Gasteiger partial charge in [0.1, 0.15) is 0 Å². The number of hydrogen-bond donors (Lipinski definition) is 0. The van der Waals surface area contributed by atoms with Crippen molar-refractivity contribution < 1.29 is 33.7 Å². The third kappa shape index (κ3) is 10.1. The predicted molar refractivity (Wildman–Crippen MR) is 127 cm³/mol. The highest BCUT2D eigenvalue weighted by molar-refractivity contribution is 8.10. The van der Waals surface area contributed by atoms with Crippen LogP contribution in [-0.2, 0) is 39.3 Å². The minimum absolute atomic E-state index is 0.220. The highest BCUT2D eigenvalue weighted by Gasteiger charge is 2.46. The lowest BCUT2D eigenvalue weighted by molar-refractivity contribution is 0.555. The van der Waals surface area contributed by atoms with Gasteiger partial charge >= 0.3 is 0 Å². The molecule has 0 heterocycles. The summed E-state index contributed by atoms with van der Waals surface area (Å²) in [5.41, 5.74) is 0. The second-order valence-corrected chi connectivity index (χ2v) is 17.8. The van der Waals surface area contributed by atoms with Gasteiger partial charge in [-0.1, -0.05) is 53.4 Å². The van der Waals surface area contributed by atoms with Crippen LogP contribution in [0.4, 0.5) is 0 Å². The molecule has 0 aliphatic carbocycles. The number of sulfone groups is 4. The van der Waals surface area contributed by atoms with E-state index in [2.05, 4.69) is 0 Å². The summed E-state index contributed by atoms with van der Waals surface area (Å²) in [5.74, 6) is -1.68. The van der Waals surface area contributed by atoms with Crippen LogP contribution in [0.15, 0.2) is 0 Å². The summed E-state index contributed by atoms with van der Waals surface area (Å²) in [5, 5.41) is 0. The average molecular weight is 525 g/mol. The molecule has 188 valence electrons. The maximum Gasteiger partial charge on any atom is 0.167 e. The van der Waals surface area contributed by atoms with E-state index in [1.807, 2.05) is 0 Å². The molecule has 0 saturated carbocycles. The fraction of sp³-hybridized carbons (Fsp3) is 1.00. The Bertz CT molecular complexity index is 779. The molecule has 0 aliphatic rings. The quantitative estimate of drug-likeness (QED) is 0.267. The van der Waals surface area contributed by atoms with E-state index in [1.165, 1.54) is 0 Å². The molecule has 0 saturated heterocycles. The predicted octanol–water partition coefficient (Wildman–Crippen LogP) is 2.89. The molecule has 0 aromatic rings. The van der Waals surface area contributed by atoms with Crippen molar-refractivity contribution in [3.8, 4) is 0 Å². The van der Waals surface area contributed by atoms with Gasteiger partial charge in [0.15, 0.2) is 48.5 Å². The molecular formula is C19H40O8S4. The first kappa shape index (κ1) is 30.8. The van der Waals surface area contributed by atoms with Crippen LogP contribution in [0.2, 0.25) is 0 Å². The van der Waals surface area contributed by atoms with Gasteiger partial charge in [0, 0.05) is 6.42 Å². The van der Waals surface area contributed by atoms with E-state index < -0.39 is 77.9 Å². The summed E-state index contributed by atoms with van der Waals surface area (Å²) >= 11 is 0. The molecule has 0 rings (SSSR count). The summed E-state index contributed by atoms with van der Waals surface area (Å²) in [7, 11) is -17.0. The molecular weight excluding hydrogens is 484 g/mol. The van der Waals surface area contributed by atoms with Gasteiger partial charge in [-0.2, -0.15) is 0 Å². The van der Waals surface area contributed by atoms with Gasteiger partial charge in [-0.15, -0.1) is 0 Å². The van der Waals surface area contributed by atoms with Crippen LogP contribution in [-0.4, -0.2) is 65.8 Å². The first-order valence-electron chi connectivity index (χ1n) is 11.1. The van der Waals surface area contributed by atoms with Crippen molar-refractivity contribution in [1.82, 2.24) is 0 Å². The zero-order chi connectivity index (χ0) is 24.3. The summed E-state index contributed by atoms with van der Waals surface area (Å²) in [6, 6.07) is 0. The molecule has 31 heavy (non-hydrogen) atoms. The number of hydrogen-bond acceptors (Lipinski definition) is 8. The molecule has 0 N–H and O–H groups in total. The van der Waals surface area contributed by atoms with Gasteiger partial charge in [0.2, 0.25) is 0 Å². The van der Waals surface area contributed by atoms with E-state index in [-0.39, 0.29) is 25.7 Å². The van der Waals surface area contributed by atoms with Gasteiger partial charge in [-0.25, -0.2) is 33.7 Å². The van der Waals surface area contributed by atoms with Gasteiger partial charge in [-0.3, -0.25) is 0 Å². The Morgan fingerprint density at radius 2 is 0.613 bits per heavy atom. The molecule has 0 atom stereocenters. The van der Waals surface area contributed by atoms with Crippen molar-refractivity contribution in [3.63, 3.8) is 0 Å². The Morgan fingerprint density at radius 1 is 0.419 bits per heavy atom. The molecule has 0 fully saturated rings. The van der Waals surface area contributed by atoms with E-state index in [9.17, 15) is 33.7 Å². The Morgan fingerprint density at radius 3 is 0.774 bits per heavy atom. The highest BCUT2D eigenvalue weighted by Crippen LogP contribution is 2.27. The topological polar surface area (TPSA) is 137 Å². The highest BCUT2D eigenvalue weighted by atomic mass is 32.3. The Hall–Kier alpha value is -0.200. The van der Waals surface area contributed by atoms with E-state index in [0.29, 0.717) is 25.7 Å². The lowest BCUT2D eigenvalue weighted by Gasteiger charge is -2.24. The maximum atomic E-state index is 12.9. The third-order valence-electron chi connectivity index (χ3n) is 5.12. The molecule has 0 spiro atoms. The van der Waals surface area contributed by atoms with Crippen LogP contribution in [0.25, 0.3) is 0 Å². The molecule has 0 aromatic heterocycles. The minimum atomic E-state index is -4.25. The second-order valence-electron chi connectivity index (χ2n) is 7.98. The molecule has 0 unspecified atom stereocenters. The second kappa shape index (κ2) is 13.5. The van der Waals surface area contributed by atoms with Crippen molar-refractivity contribution >= 4 is 39.3 Å². The Balaban J connectivity index is 6.48. The minimum Gasteiger partial charge on any atom is -0.227 e. The molecule has 0 aromatic carbocycles. The summed E-state index contributed by atoms with van der Waals surface area (Å²) in [4.78, 5) is 0. The molecule has 0 radical (unpaired) electrons. The molecule has 8 nitrogen and oxygen atoms in total. The molecule has 0 aliphatic heterocycles. The number of rotatable bonds is 18. The van der Waals surface area contributed by atoms with Crippen molar-refractivity contribution in [3.05, 3.63) is 0 Å². The first-order chi connectivity index (χ1) is 14.2. The van der Waals surface area contributed by atoms with Crippen molar-refractivity contribution in [2.75, 3.05) is 23.0 Å². The smallest absolute Gasteiger partial charge is 0.167 e. The normalized spacial score (nSPS) is 13.9. The Labute approximate surface area is 190 Å². The van der Waals surface area contributed by atoms with Crippen LogP contribution in [0, 0.1) is 0 Å². The zero-order valence-corrected chi connectivity index (χ0v) is 22.5. The summed E-state index contributed by atoms with van der Waals surface area (Å²) in [6.45, 7) is 7.01. The Kier molecular flexibility index (Phi) is 13.4. The molecule has 12 heteroatoms. The fourth-order valence-electron chi connectivity index (χ4n) is 3.10. The molecule has 0 amide bonds. The standard InChI is InChI=1S/C19H40O8S4/c1-5-9-13-28(20,21)18(29(22,23)14-10-6-2)17-19(30(24,25)15-11-7-3)31(26,27)16-12-8-4/h18-19H,5-17H2,1-4H3. The summed E-state index contributed by atoms with van der Waals surface area (Å²) < 4.78 is 99.5. The van der Waals surface area contributed by atoms with Gasteiger partial charge in [0.25, 0.3) is 0 Å². The van der Waals surface area contributed by atoms with Gasteiger partial charge in [0.05, 0.1) is 23.0 Å². The monoisotopic (exact) mass is 524 g/mol. The number of unbranched alkanes of at least 4 members (excludes halogenated alkanes) is 4. The van der Waals surface area contributed by atoms with Crippen LogP contribution < -0.4 is 0 Å². The van der Waals surface area contributed by atoms with Crippen LogP contribution in [0.5, 0.6) is 0 Å². The van der Waals surface area contributed by atoms with Gasteiger partial charge in [-0.05, 0) is 25.7 Å². The van der Waals surface area contributed by atoms with Gasteiger partial charge < -0.3 is 0 Å². The van der Waals surface area contributed by atoms with E-state index in [1.54, 1.807) is 27.7 Å². The van der Waals surface area contributed by atoms with E-state index in [0.717, 1.165) is 0 Å². The van der Waals surface area contributed by atoms with Crippen LogP contribution in [0.1, 0.15) is 85.5 Å². The summed E-state index contributed by atoms with van der Waals surface area (Å²) in [6.07, 6.45) is 1.96. The lowest BCUT2D eigenvalue weighted by Crippen LogP contribution is -2.43. The zero-order valence-electron chi connectivity index (χ0n) is 19.2. The van der Waals surface area contributed by atoms with Crippen LogP contribution in [0.3, 0.4) is 0 Å². The van der Waals surface area contributed by atoms with Crippen molar-refractivity contribution in [1.29, 1.82) is 0 Å².